The molecule has 1 aliphatic carbocycles. The van der Waals surface area contributed by atoms with Crippen LogP contribution in [0.3, 0.4) is 0 Å². The molecule has 2 rings (SSSR count). The van der Waals surface area contributed by atoms with Crippen molar-refractivity contribution in [3.05, 3.63) is 31.7 Å². The third-order valence-corrected chi connectivity index (χ3v) is 4.74. The average molecular weight is 318 g/mol. The Bertz CT molecular complexity index is 424. The fraction of sp³-hybridized carbons (Fsp3) is 0.364. The molecule has 0 N–H and O–H groups in total. The number of hydrogen-bond donors (Lipinski definition) is 0. The van der Waals surface area contributed by atoms with Crippen molar-refractivity contribution in [3.8, 4) is 0 Å². The van der Waals surface area contributed by atoms with Gasteiger partial charge in [-0.2, -0.15) is 0 Å². The van der Waals surface area contributed by atoms with E-state index in [2.05, 4.69) is 44.8 Å². The first-order valence-corrected chi connectivity index (χ1v) is 6.12. The Hall–Kier alpha value is -0.150. The number of aryl methyl sites for hydroxylation is 1. The van der Waals surface area contributed by atoms with Crippen molar-refractivity contribution in [2.45, 2.75) is 20.3 Å². The number of ketones is 1. The molecule has 1 aromatic rings. The highest BCUT2D eigenvalue weighted by atomic mass is 79.9. The van der Waals surface area contributed by atoms with Gasteiger partial charge in [-0.3, -0.25) is 4.79 Å². The monoisotopic (exact) mass is 316 g/mol. The minimum Gasteiger partial charge on any atom is -0.294 e. The van der Waals surface area contributed by atoms with Gasteiger partial charge in [0, 0.05) is 20.4 Å². The standard InChI is InChI=1S/C11H10Br2O/c1-5-4-8(12)10(13)9-7(5)3-6(2)11(9)14/h4,6H,3H2,1-2H3. The lowest BCUT2D eigenvalue weighted by Gasteiger charge is -2.06. The molecule has 0 heterocycles. The maximum Gasteiger partial charge on any atom is 0.167 e. The Morgan fingerprint density at radius 3 is 2.71 bits per heavy atom. The molecule has 0 aromatic heterocycles. The lowest BCUT2D eigenvalue weighted by Crippen LogP contribution is -2.03. The normalized spacial score (nSPS) is 20.0. The zero-order valence-corrected chi connectivity index (χ0v) is 11.2. The van der Waals surface area contributed by atoms with E-state index >= 15 is 0 Å². The quantitative estimate of drug-likeness (QED) is 0.709. The Labute approximate surface area is 100 Å². The molecule has 1 aliphatic rings. The minimum absolute atomic E-state index is 0.134. The van der Waals surface area contributed by atoms with E-state index in [0.717, 1.165) is 20.9 Å². The Morgan fingerprint density at radius 2 is 2.07 bits per heavy atom. The van der Waals surface area contributed by atoms with Crippen LogP contribution in [-0.4, -0.2) is 5.78 Å². The molecule has 3 heteroatoms. The van der Waals surface area contributed by atoms with E-state index in [1.807, 2.05) is 6.92 Å². The fourth-order valence-corrected chi connectivity index (χ4v) is 3.05. The third-order valence-electron chi connectivity index (χ3n) is 2.75. The molecule has 0 fully saturated rings. The highest BCUT2D eigenvalue weighted by molar-refractivity contribution is 9.13. The van der Waals surface area contributed by atoms with E-state index in [-0.39, 0.29) is 11.7 Å². The molecule has 1 nitrogen and oxygen atoms in total. The number of carbonyl (C=O) groups is 1. The summed E-state index contributed by atoms with van der Waals surface area (Å²) in [5, 5.41) is 0. The minimum atomic E-state index is 0.134. The maximum atomic E-state index is 11.9. The van der Waals surface area contributed by atoms with Gasteiger partial charge in [-0.1, -0.05) is 6.92 Å². The van der Waals surface area contributed by atoms with Gasteiger partial charge in [0.15, 0.2) is 5.78 Å². The molecular formula is C11H10Br2O. The second-order valence-electron chi connectivity index (χ2n) is 3.81. The molecule has 0 saturated carbocycles. The summed E-state index contributed by atoms with van der Waals surface area (Å²) in [7, 11) is 0. The highest BCUT2D eigenvalue weighted by Crippen LogP contribution is 2.38. The topological polar surface area (TPSA) is 17.1 Å². The number of halogens is 2. The fourth-order valence-electron chi connectivity index (χ4n) is 1.95. The summed E-state index contributed by atoms with van der Waals surface area (Å²) in [6.45, 7) is 4.05. The van der Waals surface area contributed by atoms with Gasteiger partial charge in [0.25, 0.3) is 0 Å². The van der Waals surface area contributed by atoms with Gasteiger partial charge >= 0.3 is 0 Å². The predicted octanol–water partition coefficient (Wildman–Crippen LogP) is 3.89. The molecule has 1 atom stereocenters. The van der Waals surface area contributed by atoms with Crippen LogP contribution in [-0.2, 0) is 6.42 Å². The molecule has 1 aromatic carbocycles. The summed E-state index contributed by atoms with van der Waals surface area (Å²) < 4.78 is 1.88. The van der Waals surface area contributed by atoms with Crippen molar-refractivity contribution in [1.82, 2.24) is 0 Å². The molecular weight excluding hydrogens is 308 g/mol. The van der Waals surface area contributed by atoms with Gasteiger partial charge in [-0.05, 0) is 62.4 Å². The van der Waals surface area contributed by atoms with E-state index in [0.29, 0.717) is 0 Å². The van der Waals surface area contributed by atoms with Gasteiger partial charge in [0.1, 0.15) is 0 Å². The van der Waals surface area contributed by atoms with Gasteiger partial charge in [-0.15, -0.1) is 0 Å². The van der Waals surface area contributed by atoms with Crippen molar-refractivity contribution >= 4 is 37.6 Å². The Morgan fingerprint density at radius 1 is 1.43 bits per heavy atom. The van der Waals surface area contributed by atoms with Crippen molar-refractivity contribution in [1.29, 1.82) is 0 Å². The highest BCUT2D eigenvalue weighted by Gasteiger charge is 2.31. The second kappa shape index (κ2) is 3.46. The summed E-state index contributed by atoms with van der Waals surface area (Å²) >= 11 is 6.91. The maximum absolute atomic E-state index is 11.9. The summed E-state index contributed by atoms with van der Waals surface area (Å²) in [6.07, 6.45) is 0.881. The van der Waals surface area contributed by atoms with Crippen LogP contribution in [0.25, 0.3) is 0 Å². The summed E-state index contributed by atoms with van der Waals surface area (Å²) in [4.78, 5) is 11.9. The lowest BCUT2D eigenvalue weighted by molar-refractivity contribution is 0.0945. The Balaban J connectivity index is 2.74. The SMILES string of the molecule is Cc1cc(Br)c(Br)c2c1CC(C)C2=O. The number of hydrogen-bond acceptors (Lipinski definition) is 1. The average Bonchev–Trinajstić information content (AvgIpc) is 2.41. The molecule has 0 aliphatic heterocycles. The third kappa shape index (κ3) is 1.38. The first-order chi connectivity index (χ1) is 6.52. The van der Waals surface area contributed by atoms with Crippen molar-refractivity contribution in [2.75, 3.05) is 0 Å². The smallest absolute Gasteiger partial charge is 0.167 e. The summed E-state index contributed by atoms with van der Waals surface area (Å²) in [5.41, 5.74) is 3.29. The van der Waals surface area contributed by atoms with E-state index in [1.165, 1.54) is 11.1 Å². The Kier molecular flexibility index (Phi) is 2.56. The van der Waals surface area contributed by atoms with Crippen LogP contribution < -0.4 is 0 Å². The first kappa shape index (κ1) is 10.4. The number of rotatable bonds is 0. The van der Waals surface area contributed by atoms with Crippen molar-refractivity contribution in [3.63, 3.8) is 0 Å². The van der Waals surface area contributed by atoms with Crippen LogP contribution in [0.2, 0.25) is 0 Å². The van der Waals surface area contributed by atoms with Gasteiger partial charge in [0.05, 0.1) is 0 Å². The van der Waals surface area contributed by atoms with Gasteiger partial charge in [0.2, 0.25) is 0 Å². The second-order valence-corrected chi connectivity index (χ2v) is 5.46. The number of carbonyl (C=O) groups excluding carboxylic acids is 1. The first-order valence-electron chi connectivity index (χ1n) is 4.54. The van der Waals surface area contributed by atoms with E-state index < -0.39 is 0 Å². The largest absolute Gasteiger partial charge is 0.294 e. The molecule has 1 unspecified atom stereocenters. The number of Topliss-reactive ketones (excluding diaryl/α,β-unsaturated/α-hetero) is 1. The predicted molar refractivity (Wildman–Crippen MR) is 63.8 cm³/mol. The van der Waals surface area contributed by atoms with Crippen LogP contribution in [0.4, 0.5) is 0 Å². The molecule has 0 amide bonds. The van der Waals surface area contributed by atoms with Crippen molar-refractivity contribution in [2.24, 2.45) is 5.92 Å². The molecule has 74 valence electrons. The van der Waals surface area contributed by atoms with Crippen LogP contribution in [0.15, 0.2) is 15.0 Å². The van der Waals surface area contributed by atoms with Crippen LogP contribution in [0.1, 0.15) is 28.4 Å². The number of benzene rings is 1. The van der Waals surface area contributed by atoms with E-state index in [9.17, 15) is 4.79 Å². The summed E-state index contributed by atoms with van der Waals surface area (Å²) in [5.74, 6) is 0.394. The van der Waals surface area contributed by atoms with Crippen LogP contribution in [0, 0.1) is 12.8 Å². The molecule has 0 saturated heterocycles. The molecule has 0 bridgehead atoms. The zero-order chi connectivity index (χ0) is 10.5. The van der Waals surface area contributed by atoms with E-state index in [1.54, 1.807) is 0 Å². The molecule has 14 heavy (non-hydrogen) atoms. The molecule has 0 radical (unpaired) electrons. The van der Waals surface area contributed by atoms with Gasteiger partial charge < -0.3 is 0 Å². The van der Waals surface area contributed by atoms with Crippen molar-refractivity contribution < 1.29 is 4.79 Å². The van der Waals surface area contributed by atoms with Gasteiger partial charge in [-0.25, -0.2) is 0 Å². The number of fused-ring (bicyclic) bond motifs is 1. The van der Waals surface area contributed by atoms with Crippen LogP contribution in [0.5, 0.6) is 0 Å². The lowest BCUT2D eigenvalue weighted by atomic mass is 10.0. The molecule has 0 spiro atoms. The van der Waals surface area contributed by atoms with Crippen LogP contribution >= 0.6 is 31.9 Å². The van der Waals surface area contributed by atoms with E-state index in [4.69, 9.17) is 0 Å². The zero-order valence-electron chi connectivity index (χ0n) is 8.03. The summed E-state index contributed by atoms with van der Waals surface area (Å²) in [6, 6.07) is 2.06.